The minimum Gasteiger partial charge on any atom is -0.354 e. The van der Waals surface area contributed by atoms with Crippen LogP contribution >= 0.6 is 0 Å². The lowest BCUT2D eigenvalue weighted by molar-refractivity contribution is -0.123. The van der Waals surface area contributed by atoms with E-state index in [4.69, 9.17) is 5.84 Å². The molecule has 0 aromatic heterocycles. The summed E-state index contributed by atoms with van der Waals surface area (Å²) in [5.41, 5.74) is 6.07. The molecular weight excluding hydrogens is 338 g/mol. The van der Waals surface area contributed by atoms with Crippen LogP contribution in [0.2, 0.25) is 0 Å². The van der Waals surface area contributed by atoms with Crippen molar-refractivity contribution in [2.45, 2.75) is 45.7 Å². The third kappa shape index (κ3) is 3.56. The van der Waals surface area contributed by atoms with Gasteiger partial charge in [-0.2, -0.15) is 10.2 Å². The number of fused-ring (bicyclic) bond motifs is 5. The number of nitrogens with one attached hydrogen (secondary N) is 2. The number of carbonyl (C=O) groups is 1. The summed E-state index contributed by atoms with van der Waals surface area (Å²) in [5, 5.41) is 11.9. The summed E-state index contributed by atoms with van der Waals surface area (Å²) in [6.07, 6.45) is 5.01. The fraction of sp³-hybridized carbons (Fsp3) is 0.571. The lowest BCUT2D eigenvalue weighted by Crippen LogP contribution is -2.39. The van der Waals surface area contributed by atoms with Crippen molar-refractivity contribution in [2.24, 2.45) is 45.6 Å². The van der Waals surface area contributed by atoms with Gasteiger partial charge in [0.15, 0.2) is 0 Å². The van der Waals surface area contributed by atoms with Gasteiger partial charge in [0.05, 0.1) is 5.71 Å². The predicted octanol–water partition coefficient (Wildman–Crippen LogP) is 2.24. The molecule has 6 nitrogen and oxygen atoms in total. The minimum absolute atomic E-state index is 0.181. The molecule has 5 atom stereocenters. The second-order valence-corrected chi connectivity index (χ2v) is 8.51. The Labute approximate surface area is 160 Å². The molecule has 4 rings (SSSR count). The van der Waals surface area contributed by atoms with Gasteiger partial charge in [-0.1, -0.05) is 24.3 Å². The van der Waals surface area contributed by atoms with E-state index in [0.717, 1.165) is 23.3 Å². The smallest absolute Gasteiger partial charge is 0.220 e. The van der Waals surface area contributed by atoms with Crippen molar-refractivity contribution in [3.8, 4) is 0 Å². The van der Waals surface area contributed by atoms with Gasteiger partial charge in [-0.3, -0.25) is 16.1 Å². The first-order valence-electron chi connectivity index (χ1n) is 10.00. The van der Waals surface area contributed by atoms with Crippen LogP contribution in [0, 0.1) is 29.6 Å². The number of hydrogen-bond acceptors (Lipinski definition) is 5. The molecule has 2 bridgehead atoms. The number of nitrogens with zero attached hydrogens (tertiary/aromatic N) is 2. The molecular formula is C21H29N5O. The summed E-state index contributed by atoms with van der Waals surface area (Å²) in [4.78, 5) is 12.3. The highest BCUT2D eigenvalue weighted by Gasteiger charge is 2.54. The molecule has 1 amide bonds. The highest BCUT2D eigenvalue weighted by atomic mass is 16.1. The summed E-state index contributed by atoms with van der Waals surface area (Å²) in [6.45, 7) is 4.68. The molecule has 1 heterocycles. The number of nitrogens with two attached hydrogens (primary N) is 1. The minimum atomic E-state index is 0.181. The molecule has 144 valence electrons. The van der Waals surface area contributed by atoms with Gasteiger partial charge in [-0.25, -0.2) is 0 Å². The van der Waals surface area contributed by atoms with Crippen LogP contribution in [0.3, 0.4) is 0 Å². The molecule has 2 fully saturated rings. The predicted molar refractivity (Wildman–Crippen MR) is 107 cm³/mol. The van der Waals surface area contributed by atoms with Gasteiger partial charge < -0.3 is 5.32 Å². The van der Waals surface area contributed by atoms with Gasteiger partial charge in [0.2, 0.25) is 5.91 Å². The quantitative estimate of drug-likeness (QED) is 0.532. The van der Waals surface area contributed by atoms with Crippen molar-refractivity contribution in [1.82, 2.24) is 10.7 Å². The van der Waals surface area contributed by atoms with Crippen LogP contribution in [0.4, 0.5) is 0 Å². The molecule has 3 aliphatic rings. The van der Waals surface area contributed by atoms with E-state index in [1.165, 1.54) is 6.42 Å². The average Bonchev–Trinajstić information content (AvgIpc) is 3.20. The second kappa shape index (κ2) is 7.52. The standard InChI is InChI=1S/C21H29N5O/c1-12(2)25-19(27)9-16-7-15-8-17(16)20-18(15)11-24-26-21(20)14-5-3-13(4-6-14)10-23-22/h3-6,11-12,15-18,20,23H,7-10,22H2,1-2H3,(H,25,27). The van der Waals surface area contributed by atoms with Crippen molar-refractivity contribution in [1.29, 1.82) is 0 Å². The van der Waals surface area contributed by atoms with Crippen LogP contribution in [0.15, 0.2) is 34.5 Å². The van der Waals surface area contributed by atoms with Crippen LogP contribution in [0.1, 0.15) is 44.2 Å². The van der Waals surface area contributed by atoms with E-state index >= 15 is 0 Å². The first-order chi connectivity index (χ1) is 13.1. The van der Waals surface area contributed by atoms with Crippen molar-refractivity contribution < 1.29 is 4.79 Å². The fourth-order valence-corrected chi connectivity index (χ4v) is 5.39. The second-order valence-electron chi connectivity index (χ2n) is 8.51. The maximum Gasteiger partial charge on any atom is 0.220 e. The van der Waals surface area contributed by atoms with Crippen LogP contribution in [0.5, 0.6) is 0 Å². The third-order valence-electron chi connectivity index (χ3n) is 6.38. The molecule has 6 heteroatoms. The molecule has 0 radical (unpaired) electrons. The molecule has 27 heavy (non-hydrogen) atoms. The summed E-state index contributed by atoms with van der Waals surface area (Å²) >= 11 is 0. The van der Waals surface area contributed by atoms with E-state index in [-0.39, 0.29) is 11.9 Å². The Balaban J connectivity index is 1.52. The van der Waals surface area contributed by atoms with Crippen molar-refractivity contribution in [3.05, 3.63) is 35.4 Å². The van der Waals surface area contributed by atoms with Crippen LogP contribution < -0.4 is 16.6 Å². The zero-order valence-electron chi connectivity index (χ0n) is 16.1. The van der Waals surface area contributed by atoms with E-state index in [1.807, 2.05) is 13.8 Å². The Morgan fingerprint density at radius 3 is 2.74 bits per heavy atom. The molecule has 2 saturated carbocycles. The number of hydrogen-bond donors (Lipinski definition) is 3. The van der Waals surface area contributed by atoms with E-state index in [9.17, 15) is 4.79 Å². The lowest BCUT2D eigenvalue weighted by atomic mass is 9.69. The lowest BCUT2D eigenvalue weighted by Gasteiger charge is -2.36. The SMILES string of the molecule is CC(C)NC(=O)CC1CC2CC1C1C(c3ccc(CNN)cc3)=NN=CC21. The van der Waals surface area contributed by atoms with Gasteiger partial charge in [-0.05, 0) is 55.6 Å². The first-order valence-corrected chi connectivity index (χ1v) is 10.00. The number of carbonyl (C=O) groups excluding carboxylic acids is 1. The molecule has 0 saturated heterocycles. The van der Waals surface area contributed by atoms with Gasteiger partial charge in [-0.15, -0.1) is 0 Å². The Morgan fingerprint density at radius 2 is 2.04 bits per heavy atom. The van der Waals surface area contributed by atoms with E-state index < -0.39 is 0 Å². The fourth-order valence-electron chi connectivity index (χ4n) is 5.39. The first kappa shape index (κ1) is 18.3. The van der Waals surface area contributed by atoms with Gasteiger partial charge >= 0.3 is 0 Å². The topological polar surface area (TPSA) is 91.9 Å². The van der Waals surface area contributed by atoms with Gasteiger partial charge in [0.25, 0.3) is 0 Å². The molecule has 1 aromatic carbocycles. The molecule has 2 aliphatic carbocycles. The number of amides is 1. The van der Waals surface area contributed by atoms with Gasteiger partial charge in [0.1, 0.15) is 0 Å². The van der Waals surface area contributed by atoms with Crippen LogP contribution in [0.25, 0.3) is 0 Å². The summed E-state index contributed by atoms with van der Waals surface area (Å²) in [6, 6.07) is 8.62. The van der Waals surface area contributed by atoms with Crippen molar-refractivity contribution >= 4 is 17.8 Å². The zero-order chi connectivity index (χ0) is 19.0. The highest BCUT2D eigenvalue weighted by Crippen LogP contribution is 2.57. The monoisotopic (exact) mass is 367 g/mol. The van der Waals surface area contributed by atoms with Crippen LogP contribution in [-0.4, -0.2) is 23.9 Å². The Kier molecular flexibility index (Phi) is 5.10. The molecule has 1 aliphatic heterocycles. The third-order valence-corrected chi connectivity index (χ3v) is 6.38. The molecule has 4 N–H and O–H groups in total. The van der Waals surface area contributed by atoms with Gasteiger partial charge in [0, 0.05) is 37.1 Å². The van der Waals surface area contributed by atoms with Crippen molar-refractivity contribution in [2.75, 3.05) is 0 Å². The summed E-state index contributed by atoms with van der Waals surface area (Å²) in [7, 11) is 0. The maximum atomic E-state index is 12.3. The number of benzene rings is 1. The summed E-state index contributed by atoms with van der Waals surface area (Å²) < 4.78 is 0. The van der Waals surface area contributed by atoms with E-state index in [1.54, 1.807) is 0 Å². The molecule has 5 unspecified atom stereocenters. The maximum absolute atomic E-state index is 12.3. The highest BCUT2D eigenvalue weighted by molar-refractivity contribution is 6.05. The summed E-state index contributed by atoms with van der Waals surface area (Å²) in [5.74, 6) is 8.05. The Morgan fingerprint density at radius 1 is 1.26 bits per heavy atom. The number of rotatable bonds is 6. The van der Waals surface area contributed by atoms with Crippen molar-refractivity contribution in [3.63, 3.8) is 0 Å². The Hall–Kier alpha value is -2.05. The van der Waals surface area contributed by atoms with E-state index in [0.29, 0.717) is 42.6 Å². The molecule has 1 aromatic rings. The average molecular weight is 367 g/mol. The zero-order valence-corrected chi connectivity index (χ0v) is 16.1. The number of hydrazine groups is 1. The largest absolute Gasteiger partial charge is 0.354 e. The Bertz CT molecular complexity index is 754. The normalized spacial score (nSPS) is 31.1. The molecule has 0 spiro atoms. The van der Waals surface area contributed by atoms with Crippen LogP contribution in [-0.2, 0) is 11.3 Å². The van der Waals surface area contributed by atoms with E-state index in [2.05, 4.69) is 51.4 Å².